The molecule has 20 heavy (non-hydrogen) atoms. The summed E-state index contributed by atoms with van der Waals surface area (Å²) >= 11 is 6.10. The maximum atomic E-state index is 12.7. The van der Waals surface area contributed by atoms with Crippen molar-refractivity contribution < 1.29 is 4.79 Å². The minimum atomic E-state index is -0.0760. The predicted octanol–water partition coefficient (Wildman–Crippen LogP) is 3.64. The molecule has 0 spiro atoms. The lowest BCUT2D eigenvalue weighted by atomic mass is 9.99. The molecule has 4 heteroatoms. The second-order valence-corrected chi connectivity index (χ2v) is 5.46. The molecule has 0 saturated carbocycles. The summed E-state index contributed by atoms with van der Waals surface area (Å²) in [6.07, 6.45) is 5.11. The number of aryl methyl sites for hydroxylation is 2. The quantitative estimate of drug-likeness (QED) is 0.802. The maximum absolute atomic E-state index is 12.7. The van der Waals surface area contributed by atoms with Gasteiger partial charge in [0.25, 0.3) is 5.91 Å². The highest BCUT2D eigenvalue weighted by molar-refractivity contribution is 6.34. The van der Waals surface area contributed by atoms with E-state index >= 15 is 0 Å². The first-order chi connectivity index (χ1) is 9.66. The van der Waals surface area contributed by atoms with Crippen LogP contribution in [0.1, 0.15) is 27.9 Å². The zero-order valence-electron chi connectivity index (χ0n) is 11.3. The predicted molar refractivity (Wildman–Crippen MR) is 80.4 cm³/mol. The van der Waals surface area contributed by atoms with Crippen molar-refractivity contribution in [3.05, 3.63) is 58.4 Å². The lowest BCUT2D eigenvalue weighted by Crippen LogP contribution is -2.35. The molecule has 0 unspecified atom stereocenters. The number of aromatic nitrogens is 1. The van der Waals surface area contributed by atoms with Gasteiger partial charge in [0, 0.05) is 24.6 Å². The van der Waals surface area contributed by atoms with E-state index < -0.39 is 0 Å². The third kappa shape index (κ3) is 2.29. The van der Waals surface area contributed by atoms with Gasteiger partial charge in [0.05, 0.1) is 10.6 Å². The molecule has 0 atom stereocenters. The van der Waals surface area contributed by atoms with E-state index in [-0.39, 0.29) is 5.91 Å². The van der Waals surface area contributed by atoms with Crippen LogP contribution in [-0.2, 0) is 6.42 Å². The van der Waals surface area contributed by atoms with Crippen LogP contribution in [0.2, 0.25) is 5.02 Å². The van der Waals surface area contributed by atoms with E-state index in [0.717, 1.165) is 25.1 Å². The molecule has 2 aromatic rings. The second-order valence-electron chi connectivity index (χ2n) is 5.05. The van der Waals surface area contributed by atoms with Crippen LogP contribution in [0.25, 0.3) is 0 Å². The number of pyridine rings is 1. The van der Waals surface area contributed by atoms with Crippen LogP contribution < -0.4 is 4.90 Å². The monoisotopic (exact) mass is 286 g/mol. The Kier molecular flexibility index (Phi) is 3.45. The molecule has 1 aliphatic heterocycles. The Bertz CT molecular complexity index is 669. The number of hydrogen-bond donors (Lipinski definition) is 0. The van der Waals surface area contributed by atoms with Gasteiger partial charge in [-0.25, -0.2) is 0 Å². The summed E-state index contributed by atoms with van der Waals surface area (Å²) in [5.74, 6) is -0.0760. The van der Waals surface area contributed by atoms with Gasteiger partial charge in [-0.1, -0.05) is 29.3 Å². The lowest BCUT2D eigenvalue weighted by molar-refractivity contribution is 0.0985. The number of fused-ring (bicyclic) bond motifs is 1. The van der Waals surface area contributed by atoms with Gasteiger partial charge in [0.15, 0.2) is 0 Å². The third-order valence-corrected chi connectivity index (χ3v) is 3.93. The van der Waals surface area contributed by atoms with Gasteiger partial charge < -0.3 is 4.90 Å². The second kappa shape index (κ2) is 5.25. The number of halogens is 1. The van der Waals surface area contributed by atoms with E-state index in [1.54, 1.807) is 17.2 Å². The summed E-state index contributed by atoms with van der Waals surface area (Å²) in [5, 5.41) is 0.448. The Labute approximate surface area is 123 Å². The molecule has 3 nitrogen and oxygen atoms in total. The van der Waals surface area contributed by atoms with Crippen LogP contribution >= 0.6 is 11.6 Å². The van der Waals surface area contributed by atoms with Crippen molar-refractivity contribution >= 4 is 23.2 Å². The first kappa shape index (κ1) is 13.1. The Morgan fingerprint density at radius 3 is 3.00 bits per heavy atom. The molecule has 0 radical (unpaired) electrons. The number of carbonyl (C=O) groups excluding carboxylic acids is 1. The normalized spacial score (nSPS) is 14.0. The molecule has 1 aliphatic rings. The van der Waals surface area contributed by atoms with Crippen molar-refractivity contribution in [3.8, 4) is 0 Å². The molecular formula is C16H15ClN2O. The average Bonchev–Trinajstić information content (AvgIpc) is 2.46. The van der Waals surface area contributed by atoms with Gasteiger partial charge in [-0.15, -0.1) is 0 Å². The average molecular weight is 287 g/mol. The molecule has 0 aliphatic carbocycles. The van der Waals surface area contributed by atoms with E-state index in [1.807, 2.05) is 12.1 Å². The van der Waals surface area contributed by atoms with Gasteiger partial charge in [0.1, 0.15) is 0 Å². The van der Waals surface area contributed by atoms with Crippen LogP contribution in [0.3, 0.4) is 0 Å². The highest BCUT2D eigenvalue weighted by Gasteiger charge is 2.24. The summed E-state index contributed by atoms with van der Waals surface area (Å²) in [7, 11) is 0. The van der Waals surface area contributed by atoms with Crippen molar-refractivity contribution in [2.75, 3.05) is 11.4 Å². The largest absolute Gasteiger partial charge is 0.308 e. The Hall–Kier alpha value is -1.87. The van der Waals surface area contributed by atoms with E-state index in [4.69, 9.17) is 11.6 Å². The topological polar surface area (TPSA) is 33.2 Å². The highest BCUT2D eigenvalue weighted by Crippen LogP contribution is 2.30. The van der Waals surface area contributed by atoms with E-state index in [2.05, 4.69) is 18.0 Å². The van der Waals surface area contributed by atoms with E-state index in [9.17, 15) is 4.79 Å². The summed E-state index contributed by atoms with van der Waals surface area (Å²) < 4.78 is 0. The number of anilines is 1. The number of amides is 1. The maximum Gasteiger partial charge on any atom is 0.261 e. The van der Waals surface area contributed by atoms with Crippen molar-refractivity contribution in [1.82, 2.24) is 4.98 Å². The smallest absolute Gasteiger partial charge is 0.261 e. The lowest BCUT2D eigenvalue weighted by Gasteiger charge is -2.30. The van der Waals surface area contributed by atoms with Crippen LogP contribution in [0.15, 0.2) is 36.7 Å². The minimum Gasteiger partial charge on any atom is -0.308 e. The highest BCUT2D eigenvalue weighted by atomic mass is 35.5. The SMILES string of the molecule is Cc1ccc2c(c1)CCCN2C(=O)c1cnccc1Cl. The fourth-order valence-electron chi connectivity index (χ4n) is 2.62. The van der Waals surface area contributed by atoms with Crippen LogP contribution in [0.5, 0.6) is 0 Å². The minimum absolute atomic E-state index is 0.0760. The van der Waals surface area contributed by atoms with Crippen molar-refractivity contribution in [2.45, 2.75) is 19.8 Å². The number of rotatable bonds is 1. The van der Waals surface area contributed by atoms with Gasteiger partial charge in [-0.2, -0.15) is 0 Å². The van der Waals surface area contributed by atoms with Crippen LogP contribution in [-0.4, -0.2) is 17.4 Å². The van der Waals surface area contributed by atoms with Gasteiger partial charge in [-0.05, 0) is 37.5 Å². The standard InChI is InChI=1S/C16H15ClN2O/c1-11-4-5-15-12(9-11)3-2-8-19(15)16(20)13-10-18-7-6-14(13)17/h4-7,9-10H,2-3,8H2,1H3. The number of carbonyl (C=O) groups is 1. The zero-order chi connectivity index (χ0) is 14.1. The molecule has 0 fully saturated rings. The molecule has 0 N–H and O–H groups in total. The Morgan fingerprint density at radius 2 is 2.20 bits per heavy atom. The Morgan fingerprint density at radius 1 is 1.35 bits per heavy atom. The molecule has 3 rings (SSSR count). The number of hydrogen-bond acceptors (Lipinski definition) is 2. The molecule has 0 bridgehead atoms. The van der Waals surface area contributed by atoms with E-state index in [1.165, 1.54) is 17.3 Å². The first-order valence-electron chi connectivity index (χ1n) is 6.68. The fraction of sp³-hybridized carbons (Fsp3) is 0.250. The summed E-state index contributed by atoms with van der Waals surface area (Å²) in [4.78, 5) is 18.5. The van der Waals surface area contributed by atoms with Crippen molar-refractivity contribution in [2.24, 2.45) is 0 Å². The van der Waals surface area contributed by atoms with Crippen molar-refractivity contribution in [3.63, 3.8) is 0 Å². The fourth-order valence-corrected chi connectivity index (χ4v) is 2.80. The third-order valence-electron chi connectivity index (χ3n) is 3.60. The van der Waals surface area contributed by atoms with Gasteiger partial charge >= 0.3 is 0 Å². The molecular weight excluding hydrogens is 272 g/mol. The summed E-state index contributed by atoms with van der Waals surface area (Å²) in [6.45, 7) is 2.79. The summed E-state index contributed by atoms with van der Waals surface area (Å²) in [5.41, 5.74) is 3.90. The number of benzene rings is 1. The zero-order valence-corrected chi connectivity index (χ0v) is 12.0. The van der Waals surface area contributed by atoms with Crippen LogP contribution in [0, 0.1) is 6.92 Å². The molecule has 1 amide bonds. The molecule has 2 heterocycles. The van der Waals surface area contributed by atoms with Gasteiger partial charge in [-0.3, -0.25) is 9.78 Å². The van der Waals surface area contributed by atoms with E-state index in [0.29, 0.717) is 10.6 Å². The molecule has 102 valence electrons. The molecule has 1 aromatic carbocycles. The van der Waals surface area contributed by atoms with Crippen molar-refractivity contribution in [1.29, 1.82) is 0 Å². The van der Waals surface area contributed by atoms with Gasteiger partial charge in [0.2, 0.25) is 0 Å². The first-order valence-corrected chi connectivity index (χ1v) is 7.05. The summed E-state index contributed by atoms with van der Waals surface area (Å²) in [6, 6.07) is 7.86. The molecule has 0 saturated heterocycles. The molecule has 1 aromatic heterocycles. The number of nitrogens with zero attached hydrogens (tertiary/aromatic N) is 2. The van der Waals surface area contributed by atoms with Crippen LogP contribution in [0.4, 0.5) is 5.69 Å². The Balaban J connectivity index is 2.01.